The fourth-order valence-corrected chi connectivity index (χ4v) is 10.1. The first-order valence-electron chi connectivity index (χ1n) is 20.8. The van der Waals surface area contributed by atoms with Crippen LogP contribution in [0.25, 0.3) is 66.4 Å². The van der Waals surface area contributed by atoms with Crippen LogP contribution in [0.15, 0.2) is 200 Å². The molecule has 59 heavy (non-hydrogen) atoms. The summed E-state index contributed by atoms with van der Waals surface area (Å²) in [7, 11) is 0. The van der Waals surface area contributed by atoms with Crippen LogP contribution in [0.5, 0.6) is 0 Å². The fourth-order valence-electron chi connectivity index (χ4n) is 10.1. The standard InChI is InChI=1S/C58H45N/c1-57(2)52-34-41(38-16-7-5-8-17-38)26-30-48(52)50-32-28-43(36-54(50)57)59(56-25-14-13-23-47(56)40-18-9-6-10-19-40)44-29-33-51-49-31-27-42(35-53(49)58(3,4)55(51)37-44)46-24-15-21-39-20-11-12-22-45(39)46/h5-37H,1-4H3. The molecule has 0 saturated carbocycles. The van der Waals surface area contributed by atoms with Crippen molar-refractivity contribution in [1.29, 1.82) is 0 Å². The highest BCUT2D eigenvalue weighted by Gasteiger charge is 2.38. The lowest BCUT2D eigenvalue weighted by atomic mass is 9.81. The van der Waals surface area contributed by atoms with Crippen molar-refractivity contribution in [2.24, 2.45) is 0 Å². The van der Waals surface area contributed by atoms with E-state index in [1.165, 1.54) is 88.7 Å². The molecule has 0 heterocycles. The SMILES string of the molecule is CC1(C)c2cc(-c3ccccc3)ccc2-c2ccc(N(c3ccc4c(c3)C(C)(C)c3cc(-c5cccc6ccccc56)ccc3-4)c3ccccc3-c3ccccc3)cc21. The number of anilines is 3. The largest absolute Gasteiger partial charge is 0.310 e. The van der Waals surface area contributed by atoms with Crippen molar-refractivity contribution in [3.8, 4) is 55.6 Å². The van der Waals surface area contributed by atoms with Gasteiger partial charge in [0, 0.05) is 27.8 Å². The number of fused-ring (bicyclic) bond motifs is 7. The molecule has 2 aliphatic rings. The summed E-state index contributed by atoms with van der Waals surface area (Å²) in [6.45, 7) is 9.57. The summed E-state index contributed by atoms with van der Waals surface area (Å²) in [5.74, 6) is 0. The van der Waals surface area contributed by atoms with E-state index in [0.717, 1.165) is 17.1 Å². The molecule has 1 heteroatoms. The number of rotatable bonds is 6. The fraction of sp³-hybridized carbons (Fsp3) is 0.103. The molecule has 0 amide bonds. The third kappa shape index (κ3) is 5.53. The zero-order valence-electron chi connectivity index (χ0n) is 34.0. The topological polar surface area (TPSA) is 3.24 Å². The smallest absolute Gasteiger partial charge is 0.0540 e. The quantitative estimate of drug-likeness (QED) is 0.163. The molecule has 0 aromatic heterocycles. The van der Waals surface area contributed by atoms with Crippen LogP contribution >= 0.6 is 0 Å². The van der Waals surface area contributed by atoms with Gasteiger partial charge in [-0.2, -0.15) is 0 Å². The summed E-state index contributed by atoms with van der Waals surface area (Å²) >= 11 is 0. The molecule has 0 N–H and O–H groups in total. The lowest BCUT2D eigenvalue weighted by Gasteiger charge is -2.31. The van der Waals surface area contributed by atoms with E-state index in [9.17, 15) is 0 Å². The van der Waals surface area contributed by atoms with E-state index in [1.54, 1.807) is 0 Å². The second-order valence-electron chi connectivity index (χ2n) is 17.3. The molecule has 2 aliphatic carbocycles. The molecule has 0 radical (unpaired) electrons. The lowest BCUT2D eigenvalue weighted by molar-refractivity contribution is 0.660. The summed E-state index contributed by atoms with van der Waals surface area (Å²) in [6, 6.07) is 74.3. The van der Waals surface area contributed by atoms with Gasteiger partial charge in [-0.15, -0.1) is 0 Å². The van der Waals surface area contributed by atoms with Crippen LogP contribution in [0, 0.1) is 0 Å². The van der Waals surface area contributed by atoms with Gasteiger partial charge in [0.2, 0.25) is 0 Å². The molecule has 0 bridgehead atoms. The van der Waals surface area contributed by atoms with E-state index in [4.69, 9.17) is 0 Å². The Morgan fingerprint density at radius 2 is 0.763 bits per heavy atom. The number of nitrogens with zero attached hydrogens (tertiary/aromatic N) is 1. The van der Waals surface area contributed by atoms with E-state index in [1.807, 2.05) is 0 Å². The van der Waals surface area contributed by atoms with Crippen LogP contribution in [0.1, 0.15) is 49.9 Å². The third-order valence-electron chi connectivity index (χ3n) is 13.3. The van der Waals surface area contributed by atoms with Crippen LogP contribution in [0.2, 0.25) is 0 Å². The second kappa shape index (κ2) is 13.3. The van der Waals surface area contributed by atoms with Crippen LogP contribution in [0.3, 0.4) is 0 Å². The van der Waals surface area contributed by atoms with Gasteiger partial charge in [-0.3, -0.25) is 0 Å². The van der Waals surface area contributed by atoms with Gasteiger partial charge in [-0.1, -0.05) is 185 Å². The summed E-state index contributed by atoms with van der Waals surface area (Å²) in [5, 5.41) is 2.56. The summed E-state index contributed by atoms with van der Waals surface area (Å²) in [5.41, 5.74) is 21.3. The number of hydrogen-bond acceptors (Lipinski definition) is 1. The highest BCUT2D eigenvalue weighted by atomic mass is 15.1. The number of benzene rings is 9. The van der Waals surface area contributed by atoms with Gasteiger partial charge in [0.15, 0.2) is 0 Å². The van der Waals surface area contributed by atoms with Crippen molar-refractivity contribution in [2.75, 3.05) is 4.90 Å². The molecular formula is C58H45N. The van der Waals surface area contributed by atoms with Crippen LogP contribution in [-0.2, 0) is 10.8 Å². The summed E-state index contributed by atoms with van der Waals surface area (Å²) in [6.07, 6.45) is 0. The van der Waals surface area contributed by atoms with Crippen LogP contribution in [0.4, 0.5) is 17.1 Å². The van der Waals surface area contributed by atoms with E-state index >= 15 is 0 Å². The molecule has 9 aromatic carbocycles. The average molecular weight is 756 g/mol. The van der Waals surface area contributed by atoms with Gasteiger partial charge >= 0.3 is 0 Å². The first-order valence-corrected chi connectivity index (χ1v) is 20.8. The second-order valence-corrected chi connectivity index (χ2v) is 17.3. The minimum Gasteiger partial charge on any atom is -0.310 e. The Bertz CT molecular complexity index is 3090. The first kappa shape index (κ1) is 35.2. The lowest BCUT2D eigenvalue weighted by Crippen LogP contribution is -2.18. The Labute approximate surface area is 347 Å². The maximum absolute atomic E-state index is 2.50. The van der Waals surface area contributed by atoms with Gasteiger partial charge in [0.25, 0.3) is 0 Å². The molecule has 282 valence electrons. The third-order valence-corrected chi connectivity index (χ3v) is 13.3. The molecule has 0 spiro atoms. The van der Waals surface area contributed by atoms with Crippen molar-refractivity contribution in [1.82, 2.24) is 0 Å². The summed E-state index contributed by atoms with van der Waals surface area (Å²) in [4.78, 5) is 2.50. The van der Waals surface area contributed by atoms with Crippen LogP contribution < -0.4 is 4.90 Å². The van der Waals surface area contributed by atoms with E-state index < -0.39 is 0 Å². The van der Waals surface area contributed by atoms with E-state index in [0.29, 0.717) is 0 Å². The van der Waals surface area contributed by atoms with Crippen molar-refractivity contribution >= 4 is 27.8 Å². The molecule has 0 unspecified atom stereocenters. The number of para-hydroxylation sites is 1. The Balaban J connectivity index is 1.06. The Morgan fingerprint density at radius 3 is 1.41 bits per heavy atom. The van der Waals surface area contributed by atoms with Gasteiger partial charge < -0.3 is 4.90 Å². The molecule has 11 rings (SSSR count). The predicted molar refractivity (Wildman–Crippen MR) is 250 cm³/mol. The minimum atomic E-state index is -0.204. The molecule has 9 aromatic rings. The van der Waals surface area contributed by atoms with Gasteiger partial charge in [-0.25, -0.2) is 0 Å². The highest BCUT2D eigenvalue weighted by Crippen LogP contribution is 2.55. The van der Waals surface area contributed by atoms with Gasteiger partial charge in [0.05, 0.1) is 5.69 Å². The Hall–Kier alpha value is -6.96. The van der Waals surface area contributed by atoms with Gasteiger partial charge in [0.1, 0.15) is 0 Å². The zero-order valence-corrected chi connectivity index (χ0v) is 34.0. The molecule has 0 fully saturated rings. The van der Waals surface area contributed by atoms with Crippen molar-refractivity contribution in [3.63, 3.8) is 0 Å². The Morgan fingerprint density at radius 1 is 0.305 bits per heavy atom. The predicted octanol–water partition coefficient (Wildman–Crippen LogP) is 15.9. The van der Waals surface area contributed by atoms with Crippen molar-refractivity contribution in [3.05, 3.63) is 222 Å². The average Bonchev–Trinajstić information content (AvgIpc) is 3.65. The molecule has 0 saturated heterocycles. The molecule has 0 atom stereocenters. The molecule has 0 aliphatic heterocycles. The van der Waals surface area contributed by atoms with Crippen molar-refractivity contribution < 1.29 is 0 Å². The first-order chi connectivity index (χ1) is 28.8. The number of hydrogen-bond donors (Lipinski definition) is 0. The molecule has 1 nitrogen and oxygen atoms in total. The maximum atomic E-state index is 2.50. The zero-order chi connectivity index (χ0) is 39.9. The summed E-state index contributed by atoms with van der Waals surface area (Å²) < 4.78 is 0. The molecular weight excluding hydrogens is 711 g/mol. The minimum absolute atomic E-state index is 0.181. The monoisotopic (exact) mass is 755 g/mol. The van der Waals surface area contributed by atoms with Crippen molar-refractivity contribution in [2.45, 2.75) is 38.5 Å². The highest BCUT2D eigenvalue weighted by molar-refractivity contribution is 5.98. The maximum Gasteiger partial charge on any atom is 0.0540 e. The normalized spacial score (nSPS) is 14.0. The van der Waals surface area contributed by atoms with Crippen LogP contribution in [-0.4, -0.2) is 0 Å². The van der Waals surface area contributed by atoms with Gasteiger partial charge in [-0.05, 0) is 126 Å². The van der Waals surface area contributed by atoms with E-state index in [-0.39, 0.29) is 10.8 Å². The Kier molecular flexibility index (Phi) is 7.94. The van der Waals surface area contributed by atoms with E-state index in [2.05, 4.69) is 233 Å².